The molecule has 1 aliphatic rings. The number of hydrogen-bond acceptors (Lipinski definition) is 3. The number of aromatic nitrogens is 1. The third-order valence-electron chi connectivity index (χ3n) is 5.14. The van der Waals surface area contributed by atoms with Gasteiger partial charge in [0.1, 0.15) is 0 Å². The summed E-state index contributed by atoms with van der Waals surface area (Å²) >= 11 is 0. The molecule has 1 fully saturated rings. The van der Waals surface area contributed by atoms with E-state index in [0.29, 0.717) is 0 Å². The Balaban J connectivity index is 1.27. The summed E-state index contributed by atoms with van der Waals surface area (Å²) in [7, 11) is 0. The minimum Gasteiger partial charge on any atom is -0.384 e. The molecule has 0 atom stereocenters. The van der Waals surface area contributed by atoms with Gasteiger partial charge in [0, 0.05) is 18.5 Å². The number of nitrogens with one attached hydrogen (secondary N) is 1. The minimum atomic E-state index is 0.749. The van der Waals surface area contributed by atoms with Gasteiger partial charge in [0.2, 0.25) is 0 Å². The van der Waals surface area contributed by atoms with E-state index < -0.39 is 0 Å². The van der Waals surface area contributed by atoms with E-state index in [4.69, 9.17) is 0 Å². The second-order valence-corrected chi connectivity index (χ2v) is 7.00. The van der Waals surface area contributed by atoms with E-state index in [-0.39, 0.29) is 0 Å². The van der Waals surface area contributed by atoms with E-state index in [1.807, 2.05) is 12.3 Å². The van der Waals surface area contributed by atoms with Crippen LogP contribution in [0.3, 0.4) is 0 Å². The summed E-state index contributed by atoms with van der Waals surface area (Å²) in [5.41, 5.74) is 3.61. The highest BCUT2D eigenvalue weighted by Crippen LogP contribution is 2.21. The lowest BCUT2D eigenvalue weighted by Crippen LogP contribution is -2.35. The maximum atomic E-state index is 4.53. The van der Waals surface area contributed by atoms with Crippen LogP contribution in [0.15, 0.2) is 66.9 Å². The molecule has 4 rings (SSSR count). The molecule has 0 unspecified atom stereocenters. The molecule has 2 heterocycles. The number of rotatable bonds is 5. The molecule has 0 amide bonds. The lowest BCUT2D eigenvalue weighted by molar-refractivity contribution is 0.182. The molecule has 128 valence electrons. The normalized spacial score (nSPS) is 16.2. The van der Waals surface area contributed by atoms with Crippen LogP contribution in [0.25, 0.3) is 10.9 Å². The molecule has 3 heteroatoms. The fraction of sp³-hybridized carbons (Fsp3) is 0.318. The Morgan fingerprint density at radius 3 is 2.56 bits per heavy atom. The fourth-order valence-corrected chi connectivity index (χ4v) is 3.62. The number of piperidine rings is 1. The van der Waals surface area contributed by atoms with E-state index in [0.717, 1.165) is 30.2 Å². The van der Waals surface area contributed by atoms with Crippen molar-refractivity contribution in [1.29, 1.82) is 0 Å². The smallest absolute Gasteiger partial charge is 0.0703 e. The summed E-state index contributed by atoms with van der Waals surface area (Å²) in [6.45, 7) is 4.50. The monoisotopic (exact) mass is 331 g/mol. The maximum Gasteiger partial charge on any atom is 0.0703 e. The van der Waals surface area contributed by atoms with Crippen LogP contribution in [0.4, 0.5) is 5.69 Å². The Morgan fingerprint density at radius 1 is 0.960 bits per heavy atom. The number of anilines is 1. The van der Waals surface area contributed by atoms with Gasteiger partial charge < -0.3 is 5.32 Å². The molecule has 0 spiro atoms. The van der Waals surface area contributed by atoms with Gasteiger partial charge in [0.25, 0.3) is 0 Å². The molecule has 3 nitrogen and oxygen atoms in total. The lowest BCUT2D eigenvalue weighted by Gasteiger charge is -2.32. The summed E-state index contributed by atoms with van der Waals surface area (Å²) in [5, 5.41) is 4.79. The van der Waals surface area contributed by atoms with E-state index in [1.54, 1.807) is 0 Å². The Kier molecular flexibility index (Phi) is 4.93. The second-order valence-electron chi connectivity index (χ2n) is 7.00. The maximum absolute atomic E-state index is 4.53. The second kappa shape index (κ2) is 7.66. The topological polar surface area (TPSA) is 28.2 Å². The lowest BCUT2D eigenvalue weighted by atomic mass is 9.96. The van der Waals surface area contributed by atoms with Crippen LogP contribution in [0.2, 0.25) is 0 Å². The van der Waals surface area contributed by atoms with Crippen LogP contribution in [-0.4, -0.2) is 29.5 Å². The molecular weight excluding hydrogens is 306 g/mol. The third-order valence-corrected chi connectivity index (χ3v) is 5.14. The zero-order valence-corrected chi connectivity index (χ0v) is 14.6. The van der Waals surface area contributed by atoms with Crippen LogP contribution in [0.1, 0.15) is 18.4 Å². The molecule has 1 aliphatic heterocycles. The van der Waals surface area contributed by atoms with Crippen LogP contribution in [0, 0.1) is 5.92 Å². The van der Waals surface area contributed by atoms with Gasteiger partial charge in [-0.3, -0.25) is 9.88 Å². The first-order valence-electron chi connectivity index (χ1n) is 9.22. The van der Waals surface area contributed by atoms with Gasteiger partial charge in [-0.2, -0.15) is 0 Å². The molecular formula is C22H25N3. The number of pyridine rings is 1. The minimum absolute atomic E-state index is 0.749. The van der Waals surface area contributed by atoms with Crippen LogP contribution in [0.5, 0.6) is 0 Å². The first-order chi connectivity index (χ1) is 12.4. The van der Waals surface area contributed by atoms with Crippen molar-refractivity contribution in [3.63, 3.8) is 0 Å². The van der Waals surface area contributed by atoms with Crippen molar-refractivity contribution in [2.24, 2.45) is 5.92 Å². The van der Waals surface area contributed by atoms with Gasteiger partial charge in [-0.1, -0.05) is 48.5 Å². The standard InChI is InChI=1S/C22H25N3/c1-2-6-19(7-3-1)17-25-12-10-18(11-13-25)15-23-21-14-20-8-4-5-9-22(20)24-16-21/h1-9,14,16,18,23H,10-13,15,17H2. The number of fused-ring (bicyclic) bond motifs is 1. The molecule has 25 heavy (non-hydrogen) atoms. The number of hydrogen-bond donors (Lipinski definition) is 1. The average molecular weight is 331 g/mol. The summed E-state index contributed by atoms with van der Waals surface area (Å²) in [6.07, 6.45) is 4.48. The Labute approximate surface area is 149 Å². The van der Waals surface area contributed by atoms with Gasteiger partial charge in [-0.25, -0.2) is 0 Å². The average Bonchev–Trinajstić information content (AvgIpc) is 2.68. The van der Waals surface area contributed by atoms with Crippen molar-refractivity contribution in [1.82, 2.24) is 9.88 Å². The molecule has 1 aromatic heterocycles. The van der Waals surface area contributed by atoms with Gasteiger partial charge in [-0.05, 0) is 49.5 Å². The first kappa shape index (κ1) is 16.1. The zero-order valence-electron chi connectivity index (χ0n) is 14.6. The van der Waals surface area contributed by atoms with E-state index in [9.17, 15) is 0 Å². The Hall–Kier alpha value is -2.39. The molecule has 0 bridgehead atoms. The van der Waals surface area contributed by atoms with Gasteiger partial charge in [0.15, 0.2) is 0 Å². The quantitative estimate of drug-likeness (QED) is 0.743. The number of nitrogens with zero attached hydrogens (tertiary/aromatic N) is 2. The largest absolute Gasteiger partial charge is 0.384 e. The molecule has 0 aliphatic carbocycles. The SMILES string of the molecule is c1ccc(CN2CCC(CNc3cnc4ccccc4c3)CC2)cc1. The van der Waals surface area contributed by atoms with Crippen LogP contribution in [-0.2, 0) is 6.54 Å². The number of benzene rings is 2. The Bertz CT molecular complexity index is 808. The van der Waals surface area contributed by atoms with Gasteiger partial charge in [-0.15, -0.1) is 0 Å². The molecule has 2 aromatic carbocycles. The van der Waals surface area contributed by atoms with Crippen molar-refractivity contribution >= 4 is 16.6 Å². The highest BCUT2D eigenvalue weighted by molar-refractivity contribution is 5.81. The predicted molar refractivity (Wildman–Crippen MR) is 105 cm³/mol. The third kappa shape index (κ3) is 4.18. The van der Waals surface area contributed by atoms with Crippen molar-refractivity contribution in [3.05, 3.63) is 72.4 Å². The summed E-state index contributed by atoms with van der Waals surface area (Å²) < 4.78 is 0. The molecule has 3 aromatic rings. The van der Waals surface area contributed by atoms with Crippen molar-refractivity contribution < 1.29 is 0 Å². The van der Waals surface area contributed by atoms with Gasteiger partial charge in [0.05, 0.1) is 17.4 Å². The summed E-state index contributed by atoms with van der Waals surface area (Å²) in [4.78, 5) is 7.11. The highest BCUT2D eigenvalue weighted by Gasteiger charge is 2.19. The molecule has 0 radical (unpaired) electrons. The van der Waals surface area contributed by atoms with Crippen LogP contribution < -0.4 is 5.32 Å². The van der Waals surface area contributed by atoms with Crippen molar-refractivity contribution in [2.75, 3.05) is 25.0 Å². The zero-order chi connectivity index (χ0) is 16.9. The molecule has 1 saturated heterocycles. The first-order valence-corrected chi connectivity index (χ1v) is 9.22. The molecule has 1 N–H and O–H groups in total. The highest BCUT2D eigenvalue weighted by atomic mass is 15.1. The van der Waals surface area contributed by atoms with Gasteiger partial charge >= 0.3 is 0 Å². The fourth-order valence-electron chi connectivity index (χ4n) is 3.62. The Morgan fingerprint density at radius 2 is 1.72 bits per heavy atom. The van der Waals surface area contributed by atoms with Crippen molar-refractivity contribution in [3.8, 4) is 0 Å². The molecule has 0 saturated carbocycles. The number of likely N-dealkylation sites (tertiary alicyclic amines) is 1. The summed E-state index contributed by atoms with van der Waals surface area (Å²) in [5.74, 6) is 0.749. The van der Waals surface area contributed by atoms with E-state index in [2.05, 4.69) is 69.8 Å². The van der Waals surface area contributed by atoms with E-state index in [1.165, 1.54) is 36.9 Å². The summed E-state index contributed by atoms with van der Waals surface area (Å²) in [6, 6.07) is 21.3. The van der Waals surface area contributed by atoms with E-state index >= 15 is 0 Å². The number of para-hydroxylation sites is 1. The van der Waals surface area contributed by atoms with Crippen LogP contribution >= 0.6 is 0 Å². The predicted octanol–water partition coefficient (Wildman–Crippen LogP) is 4.56. The van der Waals surface area contributed by atoms with Crippen molar-refractivity contribution in [2.45, 2.75) is 19.4 Å².